The minimum atomic E-state index is -0.675. The van der Waals surface area contributed by atoms with Crippen LogP contribution in [0.4, 0.5) is 0 Å². The second kappa shape index (κ2) is 11.9. The number of methoxy groups -OCH3 is 1. The Morgan fingerprint density at radius 3 is 2.50 bits per heavy atom. The van der Waals surface area contributed by atoms with Crippen molar-refractivity contribution in [2.45, 2.75) is 25.2 Å². The molecule has 2 atom stereocenters. The van der Waals surface area contributed by atoms with E-state index in [1.54, 1.807) is 7.11 Å². The van der Waals surface area contributed by atoms with E-state index < -0.39 is 6.10 Å². The lowest BCUT2D eigenvalue weighted by Gasteiger charge is -2.27. The number of ether oxygens (including phenoxy) is 2. The predicted molar refractivity (Wildman–Crippen MR) is 134 cm³/mol. The molecule has 0 aliphatic carbocycles. The molecule has 0 aromatic heterocycles. The lowest BCUT2D eigenvalue weighted by molar-refractivity contribution is 0.0213. The van der Waals surface area contributed by atoms with E-state index in [1.807, 2.05) is 78.9 Å². The second-order valence-electron chi connectivity index (χ2n) is 8.26. The fourth-order valence-corrected chi connectivity index (χ4v) is 4.09. The lowest BCUT2D eigenvalue weighted by Crippen LogP contribution is -2.39. The Bertz CT molecular complexity index is 1080. The zero-order valence-electron chi connectivity index (χ0n) is 19.1. The quantitative estimate of drug-likeness (QED) is 0.427. The van der Waals surface area contributed by atoms with Gasteiger partial charge in [-0.25, -0.2) is 0 Å². The molecule has 178 valence electrons. The number of rotatable bonds is 11. The number of aliphatic hydroxyl groups is 1. The van der Waals surface area contributed by atoms with Crippen LogP contribution in [0.2, 0.25) is 5.02 Å². The molecule has 0 amide bonds. The average molecular weight is 481 g/mol. The molecule has 3 aromatic carbocycles. The number of aliphatic hydroxyl groups excluding tert-OH is 1. The summed E-state index contributed by atoms with van der Waals surface area (Å²) in [7, 11) is 1.65. The van der Waals surface area contributed by atoms with Crippen LogP contribution in [0.1, 0.15) is 17.5 Å². The van der Waals surface area contributed by atoms with Gasteiger partial charge in [0.2, 0.25) is 0 Å². The van der Waals surface area contributed by atoms with Gasteiger partial charge in [0, 0.05) is 31.1 Å². The summed E-state index contributed by atoms with van der Waals surface area (Å²) >= 11 is 6.41. The minimum absolute atomic E-state index is 0.123. The van der Waals surface area contributed by atoms with Crippen molar-refractivity contribution in [2.75, 3.05) is 26.8 Å². The first-order valence-corrected chi connectivity index (χ1v) is 11.7. The molecular weight excluding hydrogens is 452 g/mol. The van der Waals surface area contributed by atoms with Crippen molar-refractivity contribution >= 4 is 17.3 Å². The highest BCUT2D eigenvalue weighted by molar-refractivity contribution is 6.31. The molecule has 0 unspecified atom stereocenters. The highest BCUT2D eigenvalue weighted by Crippen LogP contribution is 2.22. The molecule has 4 rings (SSSR count). The standard InChI is InChI=1S/C27H29ClN2O4/c1-32-23-13-11-20(12-14-23)27-15-25(34-29-27)18-30(16-21-7-5-6-10-26(21)28)17-22(31)19-33-24-8-3-2-4-9-24/h2-14,22,25,31H,15-19H2,1H3/t22-,25+/m0/s1. The van der Waals surface area contributed by atoms with Crippen LogP contribution in [0.15, 0.2) is 84.0 Å². The van der Waals surface area contributed by atoms with E-state index in [0.29, 0.717) is 31.1 Å². The highest BCUT2D eigenvalue weighted by atomic mass is 35.5. The Morgan fingerprint density at radius 1 is 1.03 bits per heavy atom. The van der Waals surface area contributed by atoms with Crippen LogP contribution in [0.3, 0.4) is 0 Å². The molecule has 7 heteroatoms. The Kier molecular flexibility index (Phi) is 8.41. The van der Waals surface area contributed by atoms with Crippen molar-refractivity contribution in [2.24, 2.45) is 5.16 Å². The van der Waals surface area contributed by atoms with Crippen molar-refractivity contribution < 1.29 is 19.4 Å². The van der Waals surface area contributed by atoms with Gasteiger partial charge in [0.15, 0.2) is 0 Å². The van der Waals surface area contributed by atoms with Crippen LogP contribution in [-0.4, -0.2) is 54.7 Å². The number of hydrogen-bond donors (Lipinski definition) is 1. The molecule has 3 aromatic rings. The maximum Gasteiger partial charge on any atom is 0.145 e. The number of oxime groups is 1. The van der Waals surface area contributed by atoms with E-state index >= 15 is 0 Å². The Labute approximate surface area is 205 Å². The van der Waals surface area contributed by atoms with Crippen LogP contribution in [0.5, 0.6) is 11.5 Å². The van der Waals surface area contributed by atoms with Gasteiger partial charge in [-0.3, -0.25) is 4.90 Å². The Balaban J connectivity index is 1.38. The molecule has 0 radical (unpaired) electrons. The van der Waals surface area contributed by atoms with E-state index in [2.05, 4.69) is 10.1 Å². The van der Waals surface area contributed by atoms with Gasteiger partial charge in [0.25, 0.3) is 0 Å². The summed E-state index contributed by atoms with van der Waals surface area (Å²) in [6.07, 6.45) is -0.116. The van der Waals surface area contributed by atoms with Gasteiger partial charge in [-0.15, -0.1) is 0 Å². The number of benzene rings is 3. The molecule has 1 aliphatic rings. The summed E-state index contributed by atoms with van der Waals surface area (Å²) in [5.41, 5.74) is 2.91. The third-order valence-electron chi connectivity index (χ3n) is 5.62. The Morgan fingerprint density at radius 2 is 1.76 bits per heavy atom. The third kappa shape index (κ3) is 6.73. The van der Waals surface area contributed by atoms with Crippen LogP contribution in [0.25, 0.3) is 0 Å². The fourth-order valence-electron chi connectivity index (χ4n) is 3.90. The van der Waals surface area contributed by atoms with Crippen molar-refractivity contribution in [3.05, 3.63) is 95.0 Å². The van der Waals surface area contributed by atoms with Gasteiger partial charge in [-0.1, -0.05) is 53.2 Å². The number of halogens is 1. The van der Waals surface area contributed by atoms with Crippen molar-refractivity contribution in [3.63, 3.8) is 0 Å². The van der Waals surface area contributed by atoms with Crippen molar-refractivity contribution in [1.82, 2.24) is 4.90 Å². The molecule has 0 saturated heterocycles. The third-order valence-corrected chi connectivity index (χ3v) is 5.99. The molecule has 1 N–H and O–H groups in total. The summed E-state index contributed by atoms with van der Waals surface area (Å²) in [6, 6.07) is 25.0. The van der Waals surface area contributed by atoms with Gasteiger partial charge >= 0.3 is 0 Å². The van der Waals surface area contributed by atoms with Gasteiger partial charge in [-0.05, 0) is 53.6 Å². The van der Waals surface area contributed by atoms with E-state index in [-0.39, 0.29) is 12.7 Å². The molecule has 0 bridgehead atoms. The maximum atomic E-state index is 10.7. The largest absolute Gasteiger partial charge is 0.497 e. The average Bonchev–Trinajstić information content (AvgIpc) is 3.33. The number of nitrogens with zero attached hydrogens (tertiary/aromatic N) is 2. The van der Waals surface area contributed by atoms with Crippen LogP contribution >= 0.6 is 11.6 Å². The minimum Gasteiger partial charge on any atom is -0.497 e. The molecule has 1 aliphatic heterocycles. The van der Waals surface area contributed by atoms with E-state index in [1.165, 1.54) is 0 Å². The summed E-state index contributed by atoms with van der Waals surface area (Å²) in [5.74, 6) is 1.54. The van der Waals surface area contributed by atoms with E-state index in [0.717, 1.165) is 28.3 Å². The van der Waals surface area contributed by atoms with Crippen LogP contribution < -0.4 is 9.47 Å². The van der Waals surface area contributed by atoms with Crippen molar-refractivity contribution in [1.29, 1.82) is 0 Å². The van der Waals surface area contributed by atoms with Gasteiger partial charge in [0.1, 0.15) is 30.3 Å². The normalized spacial score (nSPS) is 16.1. The smallest absolute Gasteiger partial charge is 0.145 e. The molecular formula is C27H29ClN2O4. The van der Waals surface area contributed by atoms with E-state index in [9.17, 15) is 5.11 Å². The Hall–Kier alpha value is -3.06. The van der Waals surface area contributed by atoms with E-state index in [4.69, 9.17) is 25.9 Å². The summed E-state index contributed by atoms with van der Waals surface area (Å²) in [5, 5.41) is 15.7. The summed E-state index contributed by atoms with van der Waals surface area (Å²) in [4.78, 5) is 7.89. The lowest BCUT2D eigenvalue weighted by atomic mass is 10.0. The van der Waals surface area contributed by atoms with Crippen LogP contribution in [-0.2, 0) is 11.4 Å². The number of hydrogen-bond acceptors (Lipinski definition) is 6. The molecule has 6 nitrogen and oxygen atoms in total. The monoisotopic (exact) mass is 480 g/mol. The highest BCUT2D eigenvalue weighted by Gasteiger charge is 2.26. The maximum absolute atomic E-state index is 10.7. The van der Waals surface area contributed by atoms with Gasteiger partial charge < -0.3 is 19.4 Å². The molecule has 0 saturated carbocycles. The first-order chi connectivity index (χ1) is 16.6. The fraction of sp³-hybridized carbons (Fsp3) is 0.296. The second-order valence-corrected chi connectivity index (χ2v) is 8.67. The topological polar surface area (TPSA) is 63.5 Å². The summed E-state index contributed by atoms with van der Waals surface area (Å²) < 4.78 is 11.0. The number of para-hydroxylation sites is 1. The molecule has 1 heterocycles. The summed E-state index contributed by atoms with van der Waals surface area (Å²) in [6.45, 7) is 1.79. The zero-order chi connectivity index (χ0) is 23.8. The first-order valence-electron chi connectivity index (χ1n) is 11.3. The first kappa shape index (κ1) is 24.1. The van der Waals surface area contributed by atoms with Crippen LogP contribution in [0, 0.1) is 0 Å². The molecule has 0 spiro atoms. The van der Waals surface area contributed by atoms with Gasteiger partial charge in [0.05, 0.1) is 12.8 Å². The van der Waals surface area contributed by atoms with Crippen molar-refractivity contribution in [3.8, 4) is 11.5 Å². The zero-order valence-corrected chi connectivity index (χ0v) is 19.9. The molecule has 34 heavy (non-hydrogen) atoms. The predicted octanol–water partition coefficient (Wildman–Crippen LogP) is 4.78. The SMILES string of the molecule is COc1ccc(C2=NO[C@@H](CN(Cc3ccccc3Cl)C[C@H](O)COc3ccccc3)C2)cc1. The van der Waals surface area contributed by atoms with Gasteiger partial charge in [-0.2, -0.15) is 0 Å². The molecule has 0 fully saturated rings.